The Hall–Kier alpha value is -3.27. The summed E-state index contributed by atoms with van der Waals surface area (Å²) in [5, 5.41) is 10.3. The lowest BCUT2D eigenvalue weighted by Crippen LogP contribution is -2.28. The number of carbonyl (C=O) groups excluding carboxylic acids is 1. The molecule has 3 aromatic rings. The highest BCUT2D eigenvalue weighted by molar-refractivity contribution is 7.93. The zero-order valence-electron chi connectivity index (χ0n) is 17.4. The minimum atomic E-state index is -4.62. The normalized spacial score (nSPS) is 13.3. The summed E-state index contributed by atoms with van der Waals surface area (Å²) < 4.78 is 57.2. The van der Waals surface area contributed by atoms with Crippen molar-refractivity contribution in [1.82, 2.24) is 15.5 Å². The molecule has 0 aliphatic rings. The van der Waals surface area contributed by atoms with Crippen molar-refractivity contribution in [3.8, 4) is 0 Å². The Kier molecular flexibility index (Phi) is 6.93. The number of nitrogens with zero attached hydrogens (tertiary/aromatic N) is 3. The van der Waals surface area contributed by atoms with E-state index < -0.39 is 27.4 Å². The van der Waals surface area contributed by atoms with Gasteiger partial charge in [0.05, 0.1) is 21.7 Å². The molecule has 1 atom stereocenters. The first-order chi connectivity index (χ1) is 15.1. The van der Waals surface area contributed by atoms with Gasteiger partial charge in [0, 0.05) is 13.6 Å². The van der Waals surface area contributed by atoms with E-state index in [2.05, 4.69) is 19.9 Å². The second-order valence-corrected chi connectivity index (χ2v) is 9.20. The minimum absolute atomic E-state index is 0.0430. The number of carbonyl (C=O) groups is 1. The molecular formula is C22H21F3N4O2S. The van der Waals surface area contributed by atoms with Gasteiger partial charge in [-0.2, -0.15) is 18.3 Å². The molecule has 0 aliphatic carbocycles. The molecule has 0 fully saturated rings. The van der Waals surface area contributed by atoms with E-state index in [1.807, 2.05) is 30.3 Å². The van der Waals surface area contributed by atoms with Crippen molar-refractivity contribution in [2.45, 2.75) is 29.4 Å². The van der Waals surface area contributed by atoms with Crippen LogP contribution in [0.15, 0.2) is 74.9 Å². The molecule has 0 unspecified atom stereocenters. The first kappa shape index (κ1) is 23.4. The van der Waals surface area contributed by atoms with Crippen LogP contribution in [0.25, 0.3) is 0 Å². The first-order valence-electron chi connectivity index (χ1n) is 9.64. The van der Waals surface area contributed by atoms with Crippen LogP contribution in [0.3, 0.4) is 0 Å². The summed E-state index contributed by atoms with van der Waals surface area (Å²) in [6, 6.07) is 14.9. The Morgan fingerprint density at radius 1 is 1.06 bits per heavy atom. The monoisotopic (exact) mass is 462 g/mol. The van der Waals surface area contributed by atoms with Gasteiger partial charge < -0.3 is 5.32 Å². The molecule has 32 heavy (non-hydrogen) atoms. The molecular weight excluding hydrogens is 441 g/mol. The number of halogens is 3. The summed E-state index contributed by atoms with van der Waals surface area (Å²) in [6.07, 6.45) is -4.05. The fourth-order valence-electron chi connectivity index (χ4n) is 3.05. The van der Waals surface area contributed by atoms with Crippen LogP contribution >= 0.6 is 0 Å². The van der Waals surface area contributed by atoms with Crippen molar-refractivity contribution in [1.29, 1.82) is 0 Å². The van der Waals surface area contributed by atoms with Gasteiger partial charge in [0.25, 0.3) is 5.91 Å². The number of alkyl halides is 3. The molecule has 1 aromatic heterocycles. The minimum Gasteiger partial charge on any atom is -0.352 e. The van der Waals surface area contributed by atoms with Crippen molar-refractivity contribution in [2.75, 3.05) is 13.6 Å². The SMILES string of the molecule is CN=[S@@](=O)(c1cccc(C(F)(F)F)c1)c1nnc(C)cc1C(=O)NCCc1ccccc1. The summed E-state index contributed by atoms with van der Waals surface area (Å²) in [7, 11) is -2.44. The molecule has 0 radical (unpaired) electrons. The van der Waals surface area contributed by atoms with Crippen molar-refractivity contribution in [3.63, 3.8) is 0 Å². The van der Waals surface area contributed by atoms with Gasteiger partial charge in [-0.25, -0.2) is 8.57 Å². The van der Waals surface area contributed by atoms with Crippen molar-refractivity contribution in [3.05, 3.63) is 83.0 Å². The number of aromatic nitrogens is 2. The van der Waals surface area contributed by atoms with E-state index in [1.165, 1.54) is 19.2 Å². The first-order valence-corrected chi connectivity index (χ1v) is 11.2. The number of hydrogen-bond acceptors (Lipinski definition) is 5. The molecule has 0 saturated heterocycles. The molecule has 1 N–H and O–H groups in total. The maximum Gasteiger partial charge on any atom is 0.416 e. The second kappa shape index (κ2) is 9.47. The van der Waals surface area contributed by atoms with Crippen LogP contribution in [0.5, 0.6) is 0 Å². The van der Waals surface area contributed by atoms with E-state index >= 15 is 0 Å². The van der Waals surface area contributed by atoms with Crippen LogP contribution in [0.4, 0.5) is 13.2 Å². The van der Waals surface area contributed by atoms with Crippen molar-refractivity contribution < 1.29 is 22.2 Å². The Morgan fingerprint density at radius 2 is 1.78 bits per heavy atom. The number of benzene rings is 2. The molecule has 6 nitrogen and oxygen atoms in total. The van der Waals surface area contributed by atoms with Gasteiger partial charge in [0.1, 0.15) is 9.73 Å². The topological polar surface area (TPSA) is 84.3 Å². The van der Waals surface area contributed by atoms with E-state index in [4.69, 9.17) is 0 Å². The number of aryl methyl sites for hydroxylation is 1. The van der Waals surface area contributed by atoms with E-state index in [9.17, 15) is 22.2 Å². The summed E-state index contributed by atoms with van der Waals surface area (Å²) in [5.41, 5.74) is 0.399. The van der Waals surface area contributed by atoms with Crippen molar-refractivity contribution >= 4 is 15.6 Å². The summed E-state index contributed by atoms with van der Waals surface area (Å²) in [6.45, 7) is 1.91. The summed E-state index contributed by atoms with van der Waals surface area (Å²) >= 11 is 0. The quantitative estimate of drug-likeness (QED) is 0.592. The van der Waals surface area contributed by atoms with E-state index in [-0.39, 0.29) is 15.5 Å². The predicted molar refractivity (Wildman–Crippen MR) is 114 cm³/mol. The summed E-state index contributed by atoms with van der Waals surface area (Å²) in [5.74, 6) is -0.558. The molecule has 168 valence electrons. The largest absolute Gasteiger partial charge is 0.416 e. The standard InChI is InChI=1S/C22H21F3N4O2S/c1-15-13-19(20(30)27-12-11-16-7-4-3-5-8-16)21(29-28-15)32(31,26-2)18-10-6-9-17(14-18)22(23,24)25/h3-10,13-14H,11-12H2,1-2H3,(H,27,30)/t32-/m1/s1. The number of hydrogen-bond donors (Lipinski definition) is 1. The molecule has 0 spiro atoms. The van der Waals surface area contributed by atoms with Crippen LogP contribution in [0, 0.1) is 6.92 Å². The third-order valence-electron chi connectivity index (χ3n) is 4.67. The van der Waals surface area contributed by atoms with Crippen LogP contribution in [-0.4, -0.2) is 33.9 Å². The highest BCUT2D eigenvalue weighted by atomic mass is 32.2. The lowest BCUT2D eigenvalue weighted by atomic mass is 10.1. The maximum atomic E-state index is 13.8. The van der Waals surface area contributed by atoms with Gasteiger partial charge in [-0.15, -0.1) is 5.10 Å². The van der Waals surface area contributed by atoms with E-state index in [0.29, 0.717) is 18.7 Å². The van der Waals surface area contributed by atoms with Gasteiger partial charge in [-0.05, 0) is 43.2 Å². The zero-order valence-corrected chi connectivity index (χ0v) is 18.2. The third-order valence-corrected chi connectivity index (χ3v) is 6.90. The molecule has 3 rings (SSSR count). The number of nitrogens with one attached hydrogen (secondary N) is 1. The van der Waals surface area contributed by atoms with E-state index in [0.717, 1.165) is 23.8 Å². The Labute approximate surface area is 184 Å². The van der Waals surface area contributed by atoms with Gasteiger partial charge >= 0.3 is 6.18 Å². The third kappa shape index (κ3) is 5.13. The van der Waals surface area contributed by atoms with Gasteiger partial charge in [-0.1, -0.05) is 36.4 Å². The fraction of sp³-hybridized carbons (Fsp3) is 0.227. The average molecular weight is 462 g/mol. The van der Waals surface area contributed by atoms with Gasteiger partial charge in [0.15, 0.2) is 5.03 Å². The number of amides is 1. The lowest BCUT2D eigenvalue weighted by Gasteiger charge is -2.15. The lowest BCUT2D eigenvalue weighted by molar-refractivity contribution is -0.137. The van der Waals surface area contributed by atoms with Crippen LogP contribution in [0.1, 0.15) is 27.2 Å². The molecule has 10 heteroatoms. The predicted octanol–water partition coefficient (Wildman–Crippen LogP) is 4.29. The van der Waals surface area contributed by atoms with Gasteiger partial charge in [-0.3, -0.25) is 4.79 Å². The van der Waals surface area contributed by atoms with Crippen LogP contribution in [-0.2, 0) is 22.3 Å². The Morgan fingerprint density at radius 3 is 2.44 bits per heavy atom. The molecule has 0 aliphatic heterocycles. The second-order valence-electron chi connectivity index (χ2n) is 6.93. The van der Waals surface area contributed by atoms with Crippen molar-refractivity contribution in [2.24, 2.45) is 4.36 Å². The Balaban J connectivity index is 1.97. The molecule has 0 bridgehead atoms. The zero-order chi connectivity index (χ0) is 23.4. The van der Waals surface area contributed by atoms with Gasteiger partial charge in [0.2, 0.25) is 0 Å². The molecule has 1 amide bonds. The molecule has 1 heterocycles. The maximum absolute atomic E-state index is 13.8. The Bertz CT molecular complexity index is 1240. The smallest absolute Gasteiger partial charge is 0.352 e. The number of rotatable bonds is 6. The fourth-order valence-corrected chi connectivity index (χ4v) is 4.81. The van der Waals surface area contributed by atoms with Crippen LogP contribution in [0.2, 0.25) is 0 Å². The highest BCUT2D eigenvalue weighted by Crippen LogP contribution is 2.33. The average Bonchev–Trinajstić information content (AvgIpc) is 2.78. The van der Waals surface area contributed by atoms with E-state index in [1.54, 1.807) is 6.92 Å². The molecule has 2 aromatic carbocycles. The van der Waals surface area contributed by atoms with Crippen LogP contribution < -0.4 is 5.32 Å². The molecule has 0 saturated carbocycles. The summed E-state index contributed by atoms with van der Waals surface area (Å²) in [4.78, 5) is 12.7. The highest BCUT2D eigenvalue weighted by Gasteiger charge is 2.32.